The number of hydrogen-bond acceptors (Lipinski definition) is 26. The molecule has 41 heteroatoms. The maximum absolute atomic E-state index is 15.1. The largest absolute Gasteiger partial charge is 0.480 e. The van der Waals surface area contributed by atoms with Gasteiger partial charge >= 0.3 is 18.0 Å². The molecule has 1 aliphatic rings. The average molecular weight is 1700 g/mol. The first-order chi connectivity index (χ1) is 57.7. The van der Waals surface area contributed by atoms with E-state index in [9.17, 15) is 82.4 Å². The zero-order valence-corrected chi connectivity index (χ0v) is 69.2. The van der Waals surface area contributed by atoms with Gasteiger partial charge in [-0.15, -0.1) is 0 Å². The molecule has 2 aromatic heterocycles. The summed E-state index contributed by atoms with van der Waals surface area (Å²) in [6.07, 6.45) is -3.05. The number of carboxylic acid groups (broad SMARTS) is 1. The van der Waals surface area contributed by atoms with Crippen molar-refractivity contribution in [3.05, 3.63) is 120 Å². The molecule has 121 heavy (non-hydrogen) atoms. The lowest BCUT2D eigenvalue weighted by Crippen LogP contribution is -2.61. The first kappa shape index (κ1) is 98.0. The van der Waals surface area contributed by atoms with Crippen molar-refractivity contribution in [3.63, 3.8) is 0 Å². The Hall–Kier alpha value is -11.9. The first-order valence-electron chi connectivity index (χ1n) is 39.7. The smallest absolute Gasteiger partial charge is 0.345 e. The van der Waals surface area contributed by atoms with Gasteiger partial charge in [0.2, 0.25) is 65.0 Å². The van der Waals surface area contributed by atoms with E-state index >= 15 is 4.79 Å². The molecule has 13 atom stereocenters. The van der Waals surface area contributed by atoms with Crippen LogP contribution in [-0.2, 0) is 73.5 Å². The Bertz CT molecular complexity index is 4420. The van der Waals surface area contributed by atoms with E-state index in [1.165, 1.54) is 37.6 Å². The second kappa shape index (κ2) is 49.6. The van der Waals surface area contributed by atoms with Crippen molar-refractivity contribution in [2.45, 2.75) is 194 Å². The summed E-state index contributed by atoms with van der Waals surface area (Å²) in [5.41, 5.74) is 31.5. The normalized spacial score (nSPS) is 19.5. The number of amides is 13. The molecule has 6 rings (SSSR count). The fourth-order valence-electron chi connectivity index (χ4n) is 12.6. The van der Waals surface area contributed by atoms with Crippen LogP contribution in [0.5, 0.6) is 0 Å². The molecular formula is C80H113N21O19S. The van der Waals surface area contributed by atoms with Crippen molar-refractivity contribution in [1.29, 1.82) is 0 Å². The molecule has 0 aliphatic carbocycles. The zero-order chi connectivity index (χ0) is 89.0. The van der Waals surface area contributed by atoms with Gasteiger partial charge in [0.05, 0.1) is 47.6 Å². The molecular weight excluding hydrogens is 1590 g/mol. The molecule has 13 amide bonds. The standard InChI is InChI=1S/C80H113N21O19S/c1-44(2)40-60-75(113)92-55(27-32-81)70(108)91-58(30-35-84)74(112)98-67(46(4)102)77(115)89-37-31-59(73(111)90-56(28-33-82)72(110)96-61(76(114)95-60)41-48-14-8-7-9-15-48)93-71(109)57(29-34-83)94-78(116)68(47(5)103)97-65(105)25-26-66(106)120-45(3)43-100(39-38-88-64(104)24-22-53(85)79(117)118)80(119)101-62-42-50(121-63-18-11-10-17-52(63)69(107)86-6)20-21-51(62)54(99-101)23-19-49-16-12-13-36-87-49/h7-21,23,36,42,44-47,53,55-61,67-68,102-103H,22,24-35,37-41,43,81-85H2,1-6H3,(H,86,107)(H,88,104)(H,89,115)(H,90,111)(H,91,108)(H,92,113)(H,93,109)(H,94,116)(H,95,114)(H,96,110)(H,97,105)(H,98,112)(H,117,118)/b23-19+/t45?,46-,47-,53+,55+,56+,57+,58+,59+,60+,61-,67+,68+/m1/s1. The SMILES string of the molecule is CNC(=O)c1ccccc1Sc1ccc2c(/C=C/c3ccccn3)nn(C(=O)N(CCNC(=O)CC[C@H](N)C(=O)O)CC(C)OC(=O)CCC(=O)N[C@H](C(=O)N[C@@H](CCN)C(=O)N[C@H]3CCNC(=O)[C@H]([C@@H](C)O)NC(=O)[C@H](CCN)NC(=O)[C@H](CCN)NC(=O)[C@H](CC(C)C)NC(=O)[C@@H](Cc4ccccc4)NC(=O)[C@H](CCN)NC3=O)[C@@H](C)O)c2c1. The van der Waals surface area contributed by atoms with Gasteiger partial charge in [0.15, 0.2) is 0 Å². The van der Waals surface area contributed by atoms with Crippen molar-refractivity contribution in [3.8, 4) is 0 Å². The number of carboxylic acids is 1. The number of hydrogen-bond donors (Lipinski definition) is 20. The van der Waals surface area contributed by atoms with E-state index < -0.39 is 187 Å². The van der Waals surface area contributed by atoms with E-state index in [-0.39, 0.29) is 109 Å². The summed E-state index contributed by atoms with van der Waals surface area (Å²) in [5.74, 6) is -13.4. The molecule has 658 valence electrons. The van der Waals surface area contributed by atoms with Gasteiger partial charge in [-0.3, -0.25) is 72.1 Å². The third kappa shape index (κ3) is 31.3. The van der Waals surface area contributed by atoms with Gasteiger partial charge in [-0.1, -0.05) is 74.1 Å². The summed E-state index contributed by atoms with van der Waals surface area (Å²) in [6.45, 7) is 5.06. The number of aliphatic hydroxyl groups excluding tert-OH is 2. The van der Waals surface area contributed by atoms with E-state index in [1.807, 2.05) is 0 Å². The highest BCUT2D eigenvalue weighted by Gasteiger charge is 2.38. The molecule has 0 saturated carbocycles. The average Bonchev–Trinajstić information content (AvgIpc) is 1.63. The van der Waals surface area contributed by atoms with Gasteiger partial charge in [-0.25, -0.2) is 4.79 Å². The van der Waals surface area contributed by atoms with E-state index in [0.29, 0.717) is 43.2 Å². The molecule has 1 unspecified atom stereocenters. The van der Waals surface area contributed by atoms with Crippen LogP contribution < -0.4 is 92.5 Å². The summed E-state index contributed by atoms with van der Waals surface area (Å²) in [4.78, 5) is 216. The number of nitrogens with zero attached hydrogens (tertiary/aromatic N) is 4. The molecule has 1 saturated heterocycles. The van der Waals surface area contributed by atoms with Crippen LogP contribution in [0.2, 0.25) is 0 Å². The fraction of sp³-hybridized carbons (Fsp3) is 0.487. The number of aliphatic hydroxyl groups is 2. The predicted molar refractivity (Wildman–Crippen MR) is 445 cm³/mol. The molecule has 0 bridgehead atoms. The maximum atomic E-state index is 15.1. The van der Waals surface area contributed by atoms with Gasteiger partial charge in [-0.2, -0.15) is 9.78 Å². The van der Waals surface area contributed by atoms with Crippen LogP contribution in [0.1, 0.15) is 126 Å². The molecule has 3 aromatic carbocycles. The summed E-state index contributed by atoms with van der Waals surface area (Å²) < 4.78 is 6.85. The van der Waals surface area contributed by atoms with Crippen molar-refractivity contribution in [1.82, 2.24) is 83.5 Å². The second-order valence-corrected chi connectivity index (χ2v) is 30.4. The summed E-state index contributed by atoms with van der Waals surface area (Å²) in [7, 11) is 1.50. The number of ether oxygens (including phenoxy) is 1. The minimum Gasteiger partial charge on any atom is -0.480 e. The van der Waals surface area contributed by atoms with Crippen molar-refractivity contribution in [2.75, 3.05) is 59.4 Å². The van der Waals surface area contributed by atoms with Crippen molar-refractivity contribution >= 4 is 124 Å². The number of fused-ring (bicyclic) bond motifs is 1. The van der Waals surface area contributed by atoms with Crippen molar-refractivity contribution < 1.29 is 92.0 Å². The van der Waals surface area contributed by atoms with E-state index in [2.05, 4.69) is 68.8 Å². The number of nitrogens with two attached hydrogens (primary N) is 5. The van der Waals surface area contributed by atoms with Crippen LogP contribution in [0.4, 0.5) is 4.79 Å². The Labute approximate surface area is 703 Å². The van der Waals surface area contributed by atoms with E-state index in [0.717, 1.165) is 11.6 Å². The minimum absolute atomic E-state index is 0.00649. The highest BCUT2D eigenvalue weighted by molar-refractivity contribution is 7.99. The second-order valence-electron chi connectivity index (χ2n) is 29.3. The molecule has 25 N–H and O–H groups in total. The number of carbonyl (C=O) groups is 15. The highest BCUT2D eigenvalue weighted by Crippen LogP contribution is 2.34. The van der Waals surface area contributed by atoms with Crippen LogP contribution >= 0.6 is 11.8 Å². The van der Waals surface area contributed by atoms with Crippen LogP contribution in [-0.4, -0.2) is 262 Å². The Balaban J connectivity index is 1.22. The molecule has 1 fully saturated rings. The lowest BCUT2D eigenvalue weighted by atomic mass is 10.00. The Kier molecular flexibility index (Phi) is 40.2. The Morgan fingerprint density at radius 1 is 0.661 bits per heavy atom. The number of aliphatic carboxylic acids is 1. The quantitative estimate of drug-likeness (QED) is 0.0174. The lowest BCUT2D eigenvalue weighted by Gasteiger charge is -2.28. The van der Waals surface area contributed by atoms with Gasteiger partial charge < -0.3 is 117 Å². The van der Waals surface area contributed by atoms with Gasteiger partial charge in [0.25, 0.3) is 5.91 Å². The van der Waals surface area contributed by atoms with Crippen LogP contribution in [0.15, 0.2) is 107 Å². The molecule has 1 aliphatic heterocycles. The Morgan fingerprint density at radius 3 is 1.87 bits per heavy atom. The molecule has 5 aromatic rings. The van der Waals surface area contributed by atoms with Crippen LogP contribution in [0.3, 0.4) is 0 Å². The maximum Gasteiger partial charge on any atom is 0.345 e. The number of pyridine rings is 1. The summed E-state index contributed by atoms with van der Waals surface area (Å²) in [5, 5.41) is 67.0. The predicted octanol–water partition coefficient (Wildman–Crippen LogP) is -3.27. The third-order valence-corrected chi connectivity index (χ3v) is 20.1. The third-order valence-electron chi connectivity index (χ3n) is 19.0. The zero-order valence-electron chi connectivity index (χ0n) is 68.4. The van der Waals surface area contributed by atoms with Crippen LogP contribution in [0, 0.1) is 5.92 Å². The van der Waals surface area contributed by atoms with Gasteiger partial charge in [0.1, 0.15) is 66.5 Å². The highest BCUT2D eigenvalue weighted by atomic mass is 32.2. The number of benzene rings is 3. The number of aromatic nitrogens is 3. The van der Waals surface area contributed by atoms with Crippen LogP contribution in [0.25, 0.3) is 23.1 Å². The van der Waals surface area contributed by atoms with E-state index in [4.69, 9.17) is 38.5 Å². The minimum atomic E-state index is -1.85. The number of esters is 1. The fourth-order valence-corrected chi connectivity index (χ4v) is 13.6. The topological polar surface area (TPSA) is 634 Å². The van der Waals surface area contributed by atoms with Crippen molar-refractivity contribution in [2.24, 2.45) is 34.6 Å². The first-order valence-corrected chi connectivity index (χ1v) is 40.6. The summed E-state index contributed by atoms with van der Waals surface area (Å²) in [6, 6.07) is 9.49. The number of carbonyl (C=O) groups excluding carboxylic acids is 14. The van der Waals surface area contributed by atoms with E-state index in [1.54, 1.807) is 123 Å². The number of rotatable bonds is 37. The molecule has 0 radical (unpaired) electrons. The Morgan fingerprint density at radius 2 is 1.26 bits per heavy atom. The van der Waals surface area contributed by atoms with Gasteiger partial charge in [0, 0.05) is 67.3 Å². The number of nitrogens with one attached hydrogen (secondary N) is 12. The summed E-state index contributed by atoms with van der Waals surface area (Å²) >= 11 is 1.25. The van der Waals surface area contributed by atoms with Gasteiger partial charge in [-0.05, 0) is 158 Å². The molecule has 3 heterocycles. The molecule has 40 nitrogen and oxygen atoms in total. The monoisotopic (exact) mass is 1700 g/mol. The lowest BCUT2D eigenvalue weighted by molar-refractivity contribution is -0.150. The molecule has 0 spiro atoms.